The monoisotopic (exact) mass is 370 g/mol. The summed E-state index contributed by atoms with van der Waals surface area (Å²) >= 11 is 0. The number of rotatable bonds is 9. The molecule has 2 aromatic rings. The molecule has 0 aliphatic heterocycles. The molecule has 7 nitrogen and oxygen atoms in total. The van der Waals surface area contributed by atoms with E-state index in [9.17, 15) is 9.59 Å². The molecule has 144 valence electrons. The molecule has 0 unspecified atom stereocenters. The summed E-state index contributed by atoms with van der Waals surface area (Å²) in [6.45, 7) is 1.22. The lowest BCUT2D eigenvalue weighted by molar-refractivity contribution is -0.134. The first-order chi connectivity index (χ1) is 13.0. The van der Waals surface area contributed by atoms with E-state index in [1.54, 1.807) is 6.20 Å². The maximum absolute atomic E-state index is 11.9. The Morgan fingerprint density at radius 3 is 2.30 bits per heavy atom. The van der Waals surface area contributed by atoms with Gasteiger partial charge in [-0.1, -0.05) is 18.2 Å². The van der Waals surface area contributed by atoms with Gasteiger partial charge in [-0.05, 0) is 36.2 Å². The van der Waals surface area contributed by atoms with E-state index in [1.807, 2.05) is 54.4 Å². The van der Waals surface area contributed by atoms with E-state index in [1.165, 1.54) is 14.1 Å². The fraction of sp³-hybridized carbons (Fsp3) is 0.350. The average Bonchev–Trinajstić information content (AvgIpc) is 2.72. The molecule has 1 aromatic carbocycles. The van der Waals surface area contributed by atoms with Gasteiger partial charge in [-0.3, -0.25) is 9.59 Å². The van der Waals surface area contributed by atoms with Crippen LogP contribution in [0.1, 0.15) is 5.56 Å². The van der Waals surface area contributed by atoms with E-state index in [2.05, 4.69) is 15.6 Å². The van der Waals surface area contributed by atoms with Crippen molar-refractivity contribution in [1.82, 2.24) is 15.6 Å². The van der Waals surface area contributed by atoms with Crippen LogP contribution in [0.4, 0.5) is 5.82 Å². The Morgan fingerprint density at radius 2 is 1.74 bits per heavy atom. The topological polar surface area (TPSA) is 83.6 Å². The Labute approximate surface area is 159 Å². The number of pyridine rings is 1. The number of likely N-dealkylation sites (N-methyl/N-ethyl adjacent to an activating group) is 1. The molecule has 2 N–H and O–H groups in total. The van der Waals surface area contributed by atoms with Crippen molar-refractivity contribution >= 4 is 17.6 Å². The molecule has 0 saturated heterocycles. The Kier molecular flexibility index (Phi) is 7.61. The molecule has 27 heavy (non-hydrogen) atoms. The molecule has 1 heterocycles. The first kappa shape index (κ1) is 20.2. The minimum Gasteiger partial charge on any atom is -0.492 e. The van der Waals surface area contributed by atoms with Gasteiger partial charge in [0.2, 0.25) is 11.8 Å². The molecule has 2 amide bonds. The molecule has 0 fully saturated rings. The second-order valence-electron chi connectivity index (χ2n) is 6.09. The Morgan fingerprint density at radius 1 is 1.07 bits per heavy atom. The number of hydrogen-bond acceptors (Lipinski definition) is 5. The molecule has 0 atom stereocenters. The summed E-state index contributed by atoms with van der Waals surface area (Å²) < 4.78 is 5.77. The number of nitrogens with one attached hydrogen (secondary N) is 2. The van der Waals surface area contributed by atoms with Crippen LogP contribution in [0, 0.1) is 5.92 Å². The van der Waals surface area contributed by atoms with Gasteiger partial charge in [0.1, 0.15) is 24.1 Å². The van der Waals surface area contributed by atoms with Gasteiger partial charge in [-0.15, -0.1) is 0 Å². The second kappa shape index (κ2) is 10.2. The summed E-state index contributed by atoms with van der Waals surface area (Å²) in [7, 11) is 5.01. The third kappa shape index (κ3) is 5.99. The summed E-state index contributed by atoms with van der Waals surface area (Å²) in [4.78, 5) is 30.1. The van der Waals surface area contributed by atoms with Crippen molar-refractivity contribution in [1.29, 1.82) is 0 Å². The summed E-state index contributed by atoms with van der Waals surface area (Å²) in [5.41, 5.74) is 0.894. The maximum Gasteiger partial charge on any atom is 0.232 e. The van der Waals surface area contributed by atoms with Gasteiger partial charge in [-0.2, -0.15) is 0 Å². The predicted octanol–water partition coefficient (Wildman–Crippen LogP) is 1.25. The van der Waals surface area contributed by atoms with Gasteiger partial charge in [0.05, 0.1) is 6.54 Å². The molecule has 0 spiro atoms. The number of carbonyl (C=O) groups is 2. The zero-order chi connectivity index (χ0) is 19.6. The minimum atomic E-state index is -0.751. The normalized spacial score (nSPS) is 10.4. The molecular weight excluding hydrogens is 344 g/mol. The van der Waals surface area contributed by atoms with E-state index < -0.39 is 5.92 Å². The number of anilines is 1. The standard InChI is InChI=1S/C20H26N4O3/c1-21-19(25)17(20(26)22-2)14-15-7-9-16(10-8-15)27-13-12-24(3)18-6-4-5-11-23-18/h4-11,17H,12-14H2,1-3H3,(H,21,25)(H,22,26). The van der Waals surface area contributed by atoms with Crippen LogP contribution >= 0.6 is 0 Å². The highest BCUT2D eigenvalue weighted by molar-refractivity contribution is 6.00. The van der Waals surface area contributed by atoms with Crippen LogP contribution in [-0.4, -0.2) is 51.1 Å². The van der Waals surface area contributed by atoms with Crippen LogP contribution in [-0.2, 0) is 16.0 Å². The molecular formula is C20H26N4O3. The second-order valence-corrected chi connectivity index (χ2v) is 6.09. The lowest BCUT2D eigenvalue weighted by atomic mass is 9.97. The van der Waals surface area contributed by atoms with Gasteiger partial charge >= 0.3 is 0 Å². The smallest absolute Gasteiger partial charge is 0.232 e. The number of nitrogens with zero attached hydrogens (tertiary/aromatic N) is 2. The fourth-order valence-electron chi connectivity index (χ4n) is 2.60. The van der Waals surface area contributed by atoms with Crippen LogP contribution in [0.2, 0.25) is 0 Å². The highest BCUT2D eigenvalue weighted by atomic mass is 16.5. The van der Waals surface area contributed by atoms with Gasteiger partial charge in [0, 0.05) is 27.3 Å². The van der Waals surface area contributed by atoms with Crippen LogP contribution in [0.15, 0.2) is 48.7 Å². The van der Waals surface area contributed by atoms with Crippen molar-refractivity contribution in [2.75, 3.05) is 39.2 Å². The Bertz CT molecular complexity index is 719. The zero-order valence-corrected chi connectivity index (χ0v) is 15.9. The minimum absolute atomic E-state index is 0.299. The molecule has 0 radical (unpaired) electrons. The van der Waals surface area contributed by atoms with Crippen LogP contribution in [0.5, 0.6) is 5.75 Å². The molecule has 0 aliphatic carbocycles. The number of amides is 2. The number of aromatic nitrogens is 1. The van der Waals surface area contributed by atoms with Crippen molar-refractivity contribution in [3.8, 4) is 5.75 Å². The molecule has 7 heteroatoms. The van der Waals surface area contributed by atoms with Crippen molar-refractivity contribution in [2.24, 2.45) is 5.92 Å². The molecule has 0 aliphatic rings. The summed E-state index contributed by atoms with van der Waals surface area (Å²) in [5, 5.41) is 5.06. The van der Waals surface area contributed by atoms with E-state index in [0.717, 1.165) is 17.1 Å². The number of ether oxygens (including phenoxy) is 1. The number of benzene rings is 1. The Hall–Kier alpha value is -3.09. The lowest BCUT2D eigenvalue weighted by Gasteiger charge is -2.18. The van der Waals surface area contributed by atoms with Crippen LogP contribution in [0.25, 0.3) is 0 Å². The van der Waals surface area contributed by atoms with E-state index in [4.69, 9.17) is 4.74 Å². The van der Waals surface area contributed by atoms with Crippen molar-refractivity contribution in [2.45, 2.75) is 6.42 Å². The van der Waals surface area contributed by atoms with Crippen molar-refractivity contribution in [3.63, 3.8) is 0 Å². The van der Waals surface area contributed by atoms with Crippen molar-refractivity contribution in [3.05, 3.63) is 54.2 Å². The van der Waals surface area contributed by atoms with E-state index in [-0.39, 0.29) is 11.8 Å². The van der Waals surface area contributed by atoms with Gasteiger partial charge in [-0.25, -0.2) is 4.98 Å². The predicted molar refractivity (Wildman–Crippen MR) is 105 cm³/mol. The average molecular weight is 370 g/mol. The van der Waals surface area contributed by atoms with Gasteiger partial charge < -0.3 is 20.3 Å². The molecule has 2 rings (SSSR count). The molecule has 0 saturated carbocycles. The third-order valence-corrected chi connectivity index (χ3v) is 4.22. The van der Waals surface area contributed by atoms with Crippen LogP contribution in [0.3, 0.4) is 0 Å². The van der Waals surface area contributed by atoms with Gasteiger partial charge in [0.15, 0.2) is 0 Å². The number of carbonyl (C=O) groups excluding carboxylic acids is 2. The molecule has 0 bridgehead atoms. The zero-order valence-electron chi connectivity index (χ0n) is 15.9. The summed E-state index contributed by atoms with van der Waals surface area (Å²) in [5.74, 6) is 0.286. The third-order valence-electron chi connectivity index (χ3n) is 4.22. The first-order valence-corrected chi connectivity index (χ1v) is 8.82. The van der Waals surface area contributed by atoms with E-state index in [0.29, 0.717) is 19.6 Å². The van der Waals surface area contributed by atoms with Crippen LogP contribution < -0.4 is 20.3 Å². The number of hydrogen-bond donors (Lipinski definition) is 2. The van der Waals surface area contributed by atoms with Crippen molar-refractivity contribution < 1.29 is 14.3 Å². The fourth-order valence-corrected chi connectivity index (χ4v) is 2.60. The summed E-state index contributed by atoms with van der Waals surface area (Å²) in [6.07, 6.45) is 2.10. The van der Waals surface area contributed by atoms with Gasteiger partial charge in [0.25, 0.3) is 0 Å². The quantitative estimate of drug-likeness (QED) is 0.649. The Balaban J connectivity index is 1.87. The SMILES string of the molecule is CNC(=O)C(Cc1ccc(OCCN(C)c2ccccn2)cc1)C(=O)NC. The largest absolute Gasteiger partial charge is 0.492 e. The lowest BCUT2D eigenvalue weighted by Crippen LogP contribution is -2.39. The highest BCUT2D eigenvalue weighted by Crippen LogP contribution is 2.16. The van der Waals surface area contributed by atoms with E-state index >= 15 is 0 Å². The first-order valence-electron chi connectivity index (χ1n) is 8.82. The maximum atomic E-state index is 11.9. The summed E-state index contributed by atoms with van der Waals surface area (Å²) in [6, 6.07) is 13.2. The highest BCUT2D eigenvalue weighted by Gasteiger charge is 2.25. The molecule has 1 aromatic heterocycles.